The van der Waals surface area contributed by atoms with Crippen molar-refractivity contribution in [3.8, 4) is 5.75 Å². The highest BCUT2D eigenvalue weighted by Crippen LogP contribution is 2.09. The van der Waals surface area contributed by atoms with E-state index in [-0.39, 0.29) is 12.3 Å². The van der Waals surface area contributed by atoms with Gasteiger partial charge in [-0.05, 0) is 17.7 Å². The highest BCUT2D eigenvalue weighted by molar-refractivity contribution is 5.25. The lowest BCUT2D eigenvalue weighted by Crippen LogP contribution is -3.07. The third kappa shape index (κ3) is 2.87. The standard InChI is InChI=1S/C8H11NO3/c10-8-3-1-7(2-4-8)5-6-9(11)12/h1-4,10-12H,5-6H2/p+1. The van der Waals surface area contributed by atoms with Gasteiger partial charge in [0.15, 0.2) is 0 Å². The lowest BCUT2D eigenvalue weighted by Gasteiger charge is -2.01. The van der Waals surface area contributed by atoms with Crippen molar-refractivity contribution in [1.82, 2.24) is 0 Å². The molecule has 0 radical (unpaired) electrons. The second kappa shape index (κ2) is 4.06. The van der Waals surface area contributed by atoms with Crippen LogP contribution in [0.2, 0.25) is 0 Å². The van der Waals surface area contributed by atoms with E-state index in [4.69, 9.17) is 15.5 Å². The van der Waals surface area contributed by atoms with Crippen LogP contribution in [0.4, 0.5) is 0 Å². The van der Waals surface area contributed by atoms with Crippen molar-refractivity contribution >= 4 is 0 Å². The summed E-state index contributed by atoms with van der Waals surface area (Å²) in [5.74, 6) is 0.218. The van der Waals surface area contributed by atoms with E-state index < -0.39 is 5.23 Å². The average Bonchev–Trinajstić information content (AvgIpc) is 2.03. The first kappa shape index (κ1) is 8.99. The van der Waals surface area contributed by atoms with Gasteiger partial charge in [-0.15, -0.1) is 0 Å². The van der Waals surface area contributed by atoms with Gasteiger partial charge in [0.2, 0.25) is 0 Å². The topological polar surface area (TPSA) is 65.1 Å². The minimum absolute atomic E-state index is 0.218. The van der Waals surface area contributed by atoms with Crippen LogP contribution in [0.1, 0.15) is 5.56 Å². The normalized spacial score (nSPS) is 10.6. The Hall–Kier alpha value is -1.10. The summed E-state index contributed by atoms with van der Waals surface area (Å²) in [7, 11) is 0. The minimum atomic E-state index is -0.553. The Morgan fingerprint density at radius 3 is 2.17 bits per heavy atom. The van der Waals surface area contributed by atoms with Crippen LogP contribution in [-0.4, -0.2) is 22.1 Å². The molecule has 0 aromatic heterocycles. The second-order valence-electron chi connectivity index (χ2n) is 2.58. The van der Waals surface area contributed by atoms with Crippen molar-refractivity contribution in [3.63, 3.8) is 0 Å². The fraction of sp³-hybridized carbons (Fsp3) is 0.250. The molecule has 4 heteroatoms. The molecule has 1 aromatic carbocycles. The van der Waals surface area contributed by atoms with Gasteiger partial charge in [0, 0.05) is 6.42 Å². The number of quaternary nitrogens is 1. The highest BCUT2D eigenvalue weighted by atomic mass is 16.8. The molecule has 0 atom stereocenters. The van der Waals surface area contributed by atoms with Crippen molar-refractivity contribution in [3.05, 3.63) is 29.8 Å². The number of aromatic hydroxyl groups is 1. The van der Waals surface area contributed by atoms with Crippen LogP contribution in [0.25, 0.3) is 0 Å². The monoisotopic (exact) mass is 170 g/mol. The van der Waals surface area contributed by atoms with Crippen molar-refractivity contribution in [2.24, 2.45) is 0 Å². The van der Waals surface area contributed by atoms with E-state index in [1.807, 2.05) is 0 Å². The van der Waals surface area contributed by atoms with Crippen molar-refractivity contribution in [2.45, 2.75) is 6.42 Å². The molecule has 1 aromatic rings. The van der Waals surface area contributed by atoms with Crippen LogP contribution in [0, 0.1) is 0 Å². The van der Waals surface area contributed by atoms with Gasteiger partial charge in [-0.2, -0.15) is 10.4 Å². The molecule has 12 heavy (non-hydrogen) atoms. The Balaban J connectivity index is 2.48. The smallest absolute Gasteiger partial charge is 0.144 e. The van der Waals surface area contributed by atoms with Crippen LogP contribution in [0.3, 0.4) is 0 Å². The molecule has 0 saturated heterocycles. The summed E-state index contributed by atoms with van der Waals surface area (Å²) < 4.78 is 0. The zero-order valence-corrected chi connectivity index (χ0v) is 6.57. The summed E-state index contributed by atoms with van der Waals surface area (Å²) >= 11 is 0. The van der Waals surface area contributed by atoms with Gasteiger partial charge in [-0.3, -0.25) is 0 Å². The predicted octanol–water partition coefficient (Wildman–Crippen LogP) is -0.402. The predicted molar refractivity (Wildman–Crippen MR) is 41.2 cm³/mol. The van der Waals surface area contributed by atoms with E-state index in [1.54, 1.807) is 24.3 Å². The van der Waals surface area contributed by atoms with Crippen LogP contribution in [0.15, 0.2) is 24.3 Å². The summed E-state index contributed by atoms with van der Waals surface area (Å²) in [5, 5.41) is 25.4. The van der Waals surface area contributed by atoms with Crippen LogP contribution in [0.5, 0.6) is 5.75 Å². The van der Waals surface area contributed by atoms with Gasteiger partial charge in [0.05, 0.1) is 0 Å². The fourth-order valence-corrected chi connectivity index (χ4v) is 0.919. The number of phenolic OH excluding ortho intramolecular Hbond substituents is 1. The average molecular weight is 170 g/mol. The second-order valence-corrected chi connectivity index (χ2v) is 2.58. The van der Waals surface area contributed by atoms with Crippen LogP contribution >= 0.6 is 0 Å². The molecule has 0 aliphatic rings. The maximum absolute atomic E-state index is 8.93. The van der Waals surface area contributed by atoms with E-state index in [0.29, 0.717) is 6.42 Å². The summed E-state index contributed by atoms with van der Waals surface area (Å²) in [4.78, 5) is 0. The number of phenols is 1. The molecule has 0 bridgehead atoms. The van der Waals surface area contributed by atoms with Gasteiger partial charge in [0.1, 0.15) is 12.3 Å². The molecule has 0 spiro atoms. The van der Waals surface area contributed by atoms with E-state index in [9.17, 15) is 0 Å². The third-order valence-electron chi connectivity index (χ3n) is 1.57. The molecule has 4 nitrogen and oxygen atoms in total. The molecule has 0 heterocycles. The summed E-state index contributed by atoms with van der Waals surface area (Å²) in [6, 6.07) is 6.64. The molecule has 0 unspecified atom stereocenters. The molecular weight excluding hydrogens is 158 g/mol. The lowest BCUT2D eigenvalue weighted by atomic mass is 10.1. The molecule has 0 aliphatic carbocycles. The van der Waals surface area contributed by atoms with Crippen molar-refractivity contribution < 1.29 is 20.7 Å². The minimum Gasteiger partial charge on any atom is -0.508 e. The number of nitrogens with one attached hydrogen (secondary N) is 1. The number of rotatable bonds is 3. The molecule has 0 amide bonds. The third-order valence-corrected chi connectivity index (χ3v) is 1.57. The summed E-state index contributed by atoms with van der Waals surface area (Å²) in [5.41, 5.74) is 0.966. The van der Waals surface area contributed by atoms with E-state index in [0.717, 1.165) is 5.56 Å². The Morgan fingerprint density at radius 2 is 1.67 bits per heavy atom. The number of hydrogen-bond acceptors (Lipinski definition) is 3. The lowest BCUT2D eigenvalue weighted by molar-refractivity contribution is -1.24. The number of hydroxylamine groups is 2. The first-order valence-electron chi connectivity index (χ1n) is 3.70. The fourth-order valence-electron chi connectivity index (χ4n) is 0.919. The molecule has 0 saturated carbocycles. The Labute approximate surface area is 70.2 Å². The Bertz CT molecular complexity index is 233. The van der Waals surface area contributed by atoms with Gasteiger partial charge in [-0.1, -0.05) is 17.4 Å². The summed E-state index contributed by atoms with van der Waals surface area (Å²) in [6.07, 6.45) is 0.572. The molecule has 1 rings (SSSR count). The maximum atomic E-state index is 8.93. The number of benzene rings is 1. The quantitative estimate of drug-likeness (QED) is 0.467. The largest absolute Gasteiger partial charge is 0.508 e. The zero-order valence-electron chi connectivity index (χ0n) is 6.57. The number of hydrogen-bond donors (Lipinski definition) is 4. The zero-order chi connectivity index (χ0) is 8.97. The van der Waals surface area contributed by atoms with Crippen LogP contribution in [-0.2, 0) is 6.42 Å². The van der Waals surface area contributed by atoms with Gasteiger partial charge >= 0.3 is 0 Å². The van der Waals surface area contributed by atoms with Gasteiger partial charge < -0.3 is 5.11 Å². The maximum Gasteiger partial charge on any atom is 0.144 e. The molecule has 0 aliphatic heterocycles. The Morgan fingerprint density at radius 1 is 1.08 bits per heavy atom. The first-order chi connectivity index (χ1) is 5.68. The molecular formula is C8H12NO3+. The van der Waals surface area contributed by atoms with E-state index >= 15 is 0 Å². The van der Waals surface area contributed by atoms with E-state index in [2.05, 4.69) is 0 Å². The summed E-state index contributed by atoms with van der Waals surface area (Å²) in [6.45, 7) is 0.241. The van der Waals surface area contributed by atoms with Crippen molar-refractivity contribution in [2.75, 3.05) is 6.54 Å². The molecule has 0 fully saturated rings. The molecule has 66 valence electrons. The van der Waals surface area contributed by atoms with Gasteiger partial charge in [0.25, 0.3) is 0 Å². The van der Waals surface area contributed by atoms with Crippen molar-refractivity contribution in [1.29, 1.82) is 0 Å². The van der Waals surface area contributed by atoms with E-state index in [1.165, 1.54) is 0 Å². The van der Waals surface area contributed by atoms with Crippen LogP contribution < -0.4 is 5.23 Å². The molecule has 4 N–H and O–H groups in total. The van der Waals surface area contributed by atoms with Gasteiger partial charge in [-0.25, -0.2) is 0 Å². The Kier molecular flexibility index (Phi) is 3.04. The first-order valence-corrected chi connectivity index (χ1v) is 3.70. The SMILES string of the molecule is Oc1ccc(CC[NH+](O)O)cc1. The highest BCUT2D eigenvalue weighted by Gasteiger charge is 1.99.